The lowest BCUT2D eigenvalue weighted by molar-refractivity contribution is -0.121. The van der Waals surface area contributed by atoms with Gasteiger partial charge in [-0.15, -0.1) is 11.3 Å². The van der Waals surface area contributed by atoms with Gasteiger partial charge < -0.3 is 14.8 Å². The summed E-state index contributed by atoms with van der Waals surface area (Å²) in [5.41, 5.74) is 2.28. The van der Waals surface area contributed by atoms with Gasteiger partial charge in [-0.25, -0.2) is 4.98 Å². The maximum atomic E-state index is 12.8. The standard InChI is InChI=1S/C26H27N3O5S/c1-3-4-10-27-26(32)20-16-35-24(28-20)13-29-21-12-18(8-9-23(21)34-15-25(29)31)22(30)14-33-19-7-5-6-17(2)11-19/h5-9,11-12,16H,3-4,10,13-15H2,1-2H3,(H,27,32). The second-order valence-corrected chi connectivity index (χ2v) is 9.16. The summed E-state index contributed by atoms with van der Waals surface area (Å²) in [4.78, 5) is 43.7. The molecule has 1 N–H and O–H groups in total. The second-order valence-electron chi connectivity index (χ2n) is 8.22. The average Bonchev–Trinajstić information content (AvgIpc) is 3.33. The third-order valence-electron chi connectivity index (χ3n) is 5.48. The number of nitrogens with zero attached hydrogens (tertiary/aromatic N) is 2. The van der Waals surface area contributed by atoms with E-state index < -0.39 is 0 Å². The summed E-state index contributed by atoms with van der Waals surface area (Å²) in [5, 5.41) is 5.15. The molecular formula is C26H27N3O5S. The van der Waals surface area contributed by atoms with E-state index in [0.29, 0.717) is 40.0 Å². The van der Waals surface area contributed by atoms with E-state index in [4.69, 9.17) is 9.47 Å². The van der Waals surface area contributed by atoms with Crippen LogP contribution in [0.2, 0.25) is 0 Å². The quantitative estimate of drug-likeness (QED) is 0.336. The van der Waals surface area contributed by atoms with Crippen molar-refractivity contribution in [1.82, 2.24) is 10.3 Å². The van der Waals surface area contributed by atoms with Crippen LogP contribution < -0.4 is 19.7 Å². The van der Waals surface area contributed by atoms with Crippen LogP contribution in [-0.2, 0) is 11.3 Å². The maximum Gasteiger partial charge on any atom is 0.270 e. The molecule has 0 aliphatic carbocycles. The summed E-state index contributed by atoms with van der Waals surface area (Å²) in [7, 11) is 0. The number of rotatable bonds is 10. The van der Waals surface area contributed by atoms with Crippen molar-refractivity contribution < 1.29 is 23.9 Å². The molecule has 2 amide bonds. The molecule has 0 saturated carbocycles. The Morgan fingerprint density at radius 1 is 1.23 bits per heavy atom. The van der Waals surface area contributed by atoms with Gasteiger partial charge in [0.25, 0.3) is 11.8 Å². The number of carbonyl (C=O) groups excluding carboxylic acids is 3. The highest BCUT2D eigenvalue weighted by Gasteiger charge is 2.28. The molecule has 182 valence electrons. The van der Waals surface area contributed by atoms with Gasteiger partial charge in [0.1, 0.15) is 22.2 Å². The Morgan fingerprint density at radius 3 is 2.89 bits per heavy atom. The molecule has 8 nitrogen and oxygen atoms in total. The number of benzene rings is 2. The molecule has 9 heteroatoms. The van der Waals surface area contributed by atoms with Crippen LogP contribution in [0.5, 0.6) is 11.5 Å². The molecule has 0 spiro atoms. The van der Waals surface area contributed by atoms with Gasteiger partial charge in [0.2, 0.25) is 0 Å². The molecule has 35 heavy (non-hydrogen) atoms. The van der Waals surface area contributed by atoms with Gasteiger partial charge in [0, 0.05) is 17.5 Å². The first kappa shape index (κ1) is 24.4. The Labute approximate surface area is 207 Å². The Kier molecular flexibility index (Phi) is 7.77. The zero-order chi connectivity index (χ0) is 24.8. The first-order chi connectivity index (χ1) is 16.9. The predicted octanol–water partition coefficient (Wildman–Crippen LogP) is 4.17. The zero-order valence-electron chi connectivity index (χ0n) is 19.7. The third-order valence-corrected chi connectivity index (χ3v) is 6.31. The number of aryl methyl sites for hydroxylation is 1. The SMILES string of the molecule is CCCCNC(=O)c1csc(CN2C(=O)COc3ccc(C(=O)COc4cccc(C)c4)cc32)n1. The number of anilines is 1. The average molecular weight is 494 g/mol. The number of nitrogens with one attached hydrogen (secondary N) is 1. The number of ketones is 1. The molecule has 0 bridgehead atoms. The van der Waals surface area contributed by atoms with Crippen LogP contribution in [0.3, 0.4) is 0 Å². The summed E-state index contributed by atoms with van der Waals surface area (Å²) in [5.74, 6) is 0.440. The molecule has 1 aliphatic heterocycles. The number of thiazole rings is 1. The van der Waals surface area contributed by atoms with Crippen molar-refractivity contribution in [3.63, 3.8) is 0 Å². The van der Waals surface area contributed by atoms with Crippen LogP contribution in [0, 0.1) is 6.92 Å². The Morgan fingerprint density at radius 2 is 2.09 bits per heavy atom. The van der Waals surface area contributed by atoms with Gasteiger partial charge in [0.05, 0.1) is 12.2 Å². The number of amides is 2. The molecule has 2 aromatic carbocycles. The summed E-state index contributed by atoms with van der Waals surface area (Å²) in [6.07, 6.45) is 1.89. The first-order valence-corrected chi connectivity index (χ1v) is 12.3. The van der Waals surface area contributed by atoms with Crippen LogP contribution in [0.1, 0.15) is 51.2 Å². The first-order valence-electron chi connectivity index (χ1n) is 11.5. The second kappa shape index (κ2) is 11.1. The maximum absolute atomic E-state index is 12.8. The molecule has 0 fully saturated rings. The van der Waals surface area contributed by atoms with Crippen molar-refractivity contribution in [2.24, 2.45) is 0 Å². The van der Waals surface area contributed by atoms with E-state index in [1.54, 1.807) is 29.6 Å². The van der Waals surface area contributed by atoms with Crippen molar-refractivity contribution in [1.29, 1.82) is 0 Å². The van der Waals surface area contributed by atoms with Crippen LogP contribution in [0.4, 0.5) is 5.69 Å². The van der Waals surface area contributed by atoms with Gasteiger partial charge in [-0.2, -0.15) is 0 Å². The third kappa shape index (κ3) is 6.05. The number of aromatic nitrogens is 1. The highest BCUT2D eigenvalue weighted by atomic mass is 32.1. The Hall–Kier alpha value is -3.72. The zero-order valence-corrected chi connectivity index (χ0v) is 20.5. The molecule has 3 aromatic rings. The smallest absolute Gasteiger partial charge is 0.270 e. The minimum absolute atomic E-state index is 0.105. The Bertz CT molecular complexity index is 1240. The van der Waals surface area contributed by atoms with Crippen LogP contribution in [0.15, 0.2) is 47.8 Å². The van der Waals surface area contributed by atoms with E-state index in [0.717, 1.165) is 18.4 Å². The van der Waals surface area contributed by atoms with Crippen molar-refractivity contribution in [2.45, 2.75) is 33.2 Å². The number of hydrogen-bond acceptors (Lipinski definition) is 7. The lowest BCUT2D eigenvalue weighted by atomic mass is 10.1. The van der Waals surface area contributed by atoms with Gasteiger partial charge in [-0.1, -0.05) is 25.5 Å². The highest BCUT2D eigenvalue weighted by molar-refractivity contribution is 7.09. The van der Waals surface area contributed by atoms with E-state index in [2.05, 4.69) is 17.2 Å². The van der Waals surface area contributed by atoms with Gasteiger partial charge in [-0.3, -0.25) is 19.3 Å². The fourth-order valence-electron chi connectivity index (χ4n) is 3.58. The molecule has 0 atom stereocenters. The van der Waals surface area contributed by atoms with E-state index in [-0.39, 0.29) is 37.4 Å². The van der Waals surface area contributed by atoms with Gasteiger partial charge >= 0.3 is 0 Å². The molecule has 1 aliphatic rings. The van der Waals surface area contributed by atoms with E-state index >= 15 is 0 Å². The number of carbonyl (C=O) groups is 3. The molecule has 2 heterocycles. The highest BCUT2D eigenvalue weighted by Crippen LogP contribution is 2.34. The summed E-state index contributed by atoms with van der Waals surface area (Å²) in [6.45, 7) is 4.56. The predicted molar refractivity (Wildman–Crippen MR) is 133 cm³/mol. The fourth-order valence-corrected chi connectivity index (χ4v) is 4.34. The number of fused-ring (bicyclic) bond motifs is 1. The summed E-state index contributed by atoms with van der Waals surface area (Å²) >= 11 is 1.31. The van der Waals surface area contributed by atoms with Crippen molar-refractivity contribution in [2.75, 3.05) is 24.7 Å². The molecule has 0 unspecified atom stereocenters. The van der Waals surface area contributed by atoms with Crippen LogP contribution >= 0.6 is 11.3 Å². The summed E-state index contributed by atoms with van der Waals surface area (Å²) in [6, 6.07) is 12.5. The number of Topliss-reactive ketones (excluding diaryl/α,β-unsaturated/α-hetero) is 1. The fraction of sp³-hybridized carbons (Fsp3) is 0.308. The minimum atomic E-state index is -0.248. The van der Waals surface area contributed by atoms with Crippen molar-refractivity contribution in [3.05, 3.63) is 69.7 Å². The normalized spacial score (nSPS) is 12.6. The lowest BCUT2D eigenvalue weighted by Gasteiger charge is -2.29. The minimum Gasteiger partial charge on any atom is -0.485 e. The molecule has 0 saturated heterocycles. The number of unbranched alkanes of at least 4 members (excludes halogenated alkanes) is 1. The molecule has 1 aromatic heterocycles. The lowest BCUT2D eigenvalue weighted by Crippen LogP contribution is -2.38. The largest absolute Gasteiger partial charge is 0.485 e. The molecule has 0 radical (unpaired) electrons. The van der Waals surface area contributed by atoms with Crippen molar-refractivity contribution >= 4 is 34.6 Å². The van der Waals surface area contributed by atoms with Crippen LogP contribution in [0.25, 0.3) is 0 Å². The van der Waals surface area contributed by atoms with Gasteiger partial charge in [0.15, 0.2) is 19.0 Å². The molecular weight excluding hydrogens is 466 g/mol. The summed E-state index contributed by atoms with van der Waals surface area (Å²) < 4.78 is 11.2. The number of ether oxygens (including phenoxy) is 2. The van der Waals surface area contributed by atoms with Crippen molar-refractivity contribution in [3.8, 4) is 11.5 Å². The molecule has 4 rings (SSSR count). The van der Waals surface area contributed by atoms with E-state index in [1.807, 2.05) is 25.1 Å². The van der Waals surface area contributed by atoms with E-state index in [1.165, 1.54) is 16.2 Å². The van der Waals surface area contributed by atoms with E-state index in [9.17, 15) is 14.4 Å². The van der Waals surface area contributed by atoms with Gasteiger partial charge in [-0.05, 0) is 49.2 Å². The number of hydrogen-bond donors (Lipinski definition) is 1. The monoisotopic (exact) mass is 493 g/mol. The Balaban J connectivity index is 1.47. The topological polar surface area (TPSA) is 97.8 Å². The van der Waals surface area contributed by atoms with Crippen LogP contribution in [-0.4, -0.2) is 42.3 Å².